The van der Waals surface area contributed by atoms with Crippen LogP contribution in [0.1, 0.15) is 11.1 Å². The van der Waals surface area contributed by atoms with Gasteiger partial charge in [-0.2, -0.15) is 18.2 Å². The number of hydrogen-bond donors (Lipinski definition) is 1. The Hall–Kier alpha value is -2.20. The van der Waals surface area contributed by atoms with Crippen molar-refractivity contribution in [1.29, 1.82) is 0 Å². The molecule has 0 radical (unpaired) electrons. The van der Waals surface area contributed by atoms with Gasteiger partial charge in [0.2, 0.25) is 11.8 Å². The van der Waals surface area contributed by atoms with E-state index >= 15 is 0 Å². The van der Waals surface area contributed by atoms with Crippen LogP contribution < -0.4 is 9.47 Å². The van der Waals surface area contributed by atoms with Gasteiger partial charge in [-0.25, -0.2) is 0 Å². The van der Waals surface area contributed by atoms with Gasteiger partial charge in [0.25, 0.3) is 0 Å². The minimum atomic E-state index is -5.20. The Morgan fingerprint density at radius 3 is 2.24 bits per heavy atom. The Morgan fingerprint density at radius 1 is 1.29 bits per heavy atom. The van der Waals surface area contributed by atoms with Crippen LogP contribution >= 0.6 is 0 Å². The van der Waals surface area contributed by atoms with Gasteiger partial charge in [-0.05, 0) is 5.56 Å². The van der Waals surface area contributed by atoms with E-state index in [1.165, 1.54) is 0 Å². The molecule has 0 amide bonds. The third kappa shape index (κ3) is 4.68. The van der Waals surface area contributed by atoms with Gasteiger partial charge in [-0.3, -0.25) is 4.79 Å². The quantitative estimate of drug-likeness (QED) is 0.864. The Labute approximate surface area is 113 Å². The largest absolute Gasteiger partial charge is 0.574 e. The number of hydrogen-bond acceptors (Lipinski definition) is 4. The van der Waals surface area contributed by atoms with Gasteiger partial charge in [0.05, 0.1) is 13.5 Å². The molecule has 0 spiro atoms. The maximum absolute atomic E-state index is 12.8. The zero-order valence-corrected chi connectivity index (χ0v) is 10.2. The van der Waals surface area contributed by atoms with Crippen LogP contribution in [0.2, 0.25) is 0 Å². The van der Waals surface area contributed by atoms with Crippen LogP contribution in [0.25, 0.3) is 0 Å². The monoisotopic (exact) mass is 319 g/mol. The summed E-state index contributed by atoms with van der Waals surface area (Å²) in [6.07, 6.45) is -11.4. The van der Waals surface area contributed by atoms with Gasteiger partial charge in [0.15, 0.2) is 0 Å². The lowest BCUT2D eigenvalue weighted by molar-refractivity contribution is -0.276. The molecule has 5 nitrogen and oxygen atoms in total. The van der Waals surface area contributed by atoms with E-state index in [4.69, 9.17) is 5.11 Å². The number of carboxylic acid groups (broad SMARTS) is 1. The van der Waals surface area contributed by atoms with Gasteiger partial charge in [0, 0.05) is 6.07 Å². The third-order valence-corrected chi connectivity index (χ3v) is 2.08. The second kappa shape index (κ2) is 5.66. The van der Waals surface area contributed by atoms with E-state index < -0.39 is 47.8 Å². The number of halogens is 6. The van der Waals surface area contributed by atoms with Crippen LogP contribution in [-0.2, 0) is 17.4 Å². The second-order valence-corrected chi connectivity index (χ2v) is 3.62. The Morgan fingerprint density at radius 2 is 1.86 bits per heavy atom. The summed E-state index contributed by atoms with van der Waals surface area (Å²) in [7, 11) is 0.749. The van der Waals surface area contributed by atoms with Crippen molar-refractivity contribution in [1.82, 2.24) is 4.98 Å². The fourth-order valence-corrected chi connectivity index (χ4v) is 1.47. The first-order valence-electron chi connectivity index (χ1n) is 5.06. The predicted octanol–water partition coefficient (Wildman–Crippen LogP) is 2.63. The number of methoxy groups -OCH3 is 1. The maximum Gasteiger partial charge on any atom is 0.574 e. The van der Waals surface area contributed by atoms with Crippen molar-refractivity contribution in [2.24, 2.45) is 0 Å². The molecule has 0 fully saturated rings. The van der Waals surface area contributed by atoms with Crippen LogP contribution in [0.4, 0.5) is 26.3 Å². The average molecular weight is 319 g/mol. The summed E-state index contributed by atoms with van der Waals surface area (Å²) in [6.45, 7) is 0. The third-order valence-electron chi connectivity index (χ3n) is 2.08. The van der Waals surface area contributed by atoms with Crippen molar-refractivity contribution in [3.05, 3.63) is 17.2 Å². The Bertz CT molecular complexity index is 540. The fraction of sp³-hybridized carbons (Fsp3) is 0.400. The maximum atomic E-state index is 12.8. The first-order chi connectivity index (χ1) is 9.44. The molecule has 0 unspecified atom stereocenters. The minimum Gasteiger partial charge on any atom is -0.481 e. The number of aromatic nitrogens is 1. The highest BCUT2D eigenvalue weighted by Crippen LogP contribution is 2.40. The van der Waals surface area contributed by atoms with Crippen LogP contribution in [0.5, 0.6) is 11.8 Å². The fourth-order valence-electron chi connectivity index (χ4n) is 1.47. The molecule has 0 saturated carbocycles. The lowest BCUT2D eigenvalue weighted by Crippen LogP contribution is -2.20. The molecule has 0 aliphatic rings. The van der Waals surface area contributed by atoms with E-state index in [9.17, 15) is 31.1 Å². The number of alkyl halides is 6. The molecular weight excluding hydrogens is 312 g/mol. The van der Waals surface area contributed by atoms with Crippen molar-refractivity contribution >= 4 is 5.97 Å². The molecule has 1 aromatic rings. The van der Waals surface area contributed by atoms with E-state index in [1.54, 1.807) is 0 Å². The molecule has 118 valence electrons. The van der Waals surface area contributed by atoms with E-state index in [0.717, 1.165) is 7.11 Å². The molecule has 0 aliphatic carbocycles. The van der Waals surface area contributed by atoms with Crippen LogP contribution in [0, 0.1) is 0 Å². The summed E-state index contributed by atoms with van der Waals surface area (Å²) in [4.78, 5) is 13.5. The van der Waals surface area contributed by atoms with Crippen molar-refractivity contribution in [2.75, 3.05) is 7.11 Å². The summed E-state index contributed by atoms with van der Waals surface area (Å²) in [5.41, 5.74) is -2.52. The molecule has 1 rings (SSSR count). The first-order valence-corrected chi connectivity index (χ1v) is 5.06. The number of pyridine rings is 1. The van der Waals surface area contributed by atoms with E-state index in [1.807, 2.05) is 0 Å². The number of rotatable bonds is 4. The molecule has 1 aromatic heterocycles. The molecule has 0 bridgehead atoms. The zero-order chi connectivity index (χ0) is 16.4. The van der Waals surface area contributed by atoms with Gasteiger partial charge >= 0.3 is 18.5 Å². The number of carbonyl (C=O) groups is 1. The van der Waals surface area contributed by atoms with Gasteiger partial charge < -0.3 is 14.6 Å². The second-order valence-electron chi connectivity index (χ2n) is 3.62. The number of nitrogens with zero attached hydrogens (tertiary/aromatic N) is 1. The highest BCUT2D eigenvalue weighted by atomic mass is 19.4. The lowest BCUT2D eigenvalue weighted by atomic mass is 10.1. The molecule has 0 saturated heterocycles. The van der Waals surface area contributed by atoms with Crippen molar-refractivity contribution in [3.8, 4) is 11.8 Å². The van der Waals surface area contributed by atoms with Crippen LogP contribution in [-0.4, -0.2) is 29.5 Å². The van der Waals surface area contributed by atoms with E-state index in [2.05, 4.69) is 14.5 Å². The Kier molecular flexibility index (Phi) is 4.54. The summed E-state index contributed by atoms with van der Waals surface area (Å²) >= 11 is 0. The smallest absolute Gasteiger partial charge is 0.481 e. The standard InChI is InChI=1S/C10H7F6NO4/c1-20-8-7(9(11,12)13)4(3-6(18)19)2-5(17-8)21-10(14,15)16/h2H,3H2,1H3,(H,18,19). The average Bonchev–Trinajstić information content (AvgIpc) is 2.22. The summed E-state index contributed by atoms with van der Waals surface area (Å²) in [5.74, 6) is -4.13. The zero-order valence-electron chi connectivity index (χ0n) is 10.2. The molecule has 0 aliphatic heterocycles. The van der Waals surface area contributed by atoms with Crippen molar-refractivity contribution < 1.29 is 45.7 Å². The predicted molar refractivity (Wildman–Crippen MR) is 53.8 cm³/mol. The van der Waals surface area contributed by atoms with Crippen LogP contribution in [0.3, 0.4) is 0 Å². The topological polar surface area (TPSA) is 68.7 Å². The summed E-state index contributed by atoms with van der Waals surface area (Å²) in [5, 5.41) is 8.55. The molecule has 1 N–H and O–H groups in total. The summed E-state index contributed by atoms with van der Waals surface area (Å²) < 4.78 is 82.4. The van der Waals surface area contributed by atoms with E-state index in [-0.39, 0.29) is 6.07 Å². The highest BCUT2D eigenvalue weighted by molar-refractivity contribution is 5.71. The van der Waals surface area contributed by atoms with Gasteiger partial charge in [-0.1, -0.05) is 0 Å². The molecule has 11 heteroatoms. The van der Waals surface area contributed by atoms with Gasteiger partial charge in [0.1, 0.15) is 5.56 Å². The Balaban J connectivity index is 3.46. The normalized spacial score (nSPS) is 12.1. The van der Waals surface area contributed by atoms with Gasteiger partial charge in [-0.15, -0.1) is 13.2 Å². The molecule has 21 heavy (non-hydrogen) atoms. The molecule has 0 aromatic carbocycles. The molecule has 0 atom stereocenters. The lowest BCUT2D eigenvalue weighted by Gasteiger charge is -2.17. The van der Waals surface area contributed by atoms with E-state index in [0.29, 0.717) is 0 Å². The number of aliphatic carboxylic acids is 1. The number of carboxylic acids is 1. The van der Waals surface area contributed by atoms with Crippen molar-refractivity contribution in [2.45, 2.75) is 19.0 Å². The molecule has 1 heterocycles. The minimum absolute atomic E-state index is 0.257. The number of ether oxygens (including phenoxy) is 2. The first kappa shape index (κ1) is 16.9. The summed E-state index contributed by atoms with van der Waals surface area (Å²) in [6, 6.07) is 0.257. The van der Waals surface area contributed by atoms with Crippen LogP contribution in [0.15, 0.2) is 6.07 Å². The molecular formula is C10H7F6NO4. The van der Waals surface area contributed by atoms with Crippen molar-refractivity contribution in [3.63, 3.8) is 0 Å². The SMILES string of the molecule is COc1nc(OC(F)(F)F)cc(CC(=O)O)c1C(F)(F)F. The highest BCUT2D eigenvalue weighted by Gasteiger charge is 2.40.